The Labute approximate surface area is 119 Å². The van der Waals surface area contributed by atoms with Crippen molar-refractivity contribution < 1.29 is 14.6 Å². The summed E-state index contributed by atoms with van der Waals surface area (Å²) >= 11 is 6.22. The molecule has 0 unspecified atom stereocenters. The van der Waals surface area contributed by atoms with Crippen LogP contribution in [0, 0.1) is 0 Å². The smallest absolute Gasteiger partial charge is 0.179 e. The zero-order valence-electron chi connectivity index (χ0n) is 11.5. The van der Waals surface area contributed by atoms with Gasteiger partial charge in [-0.1, -0.05) is 11.6 Å². The van der Waals surface area contributed by atoms with Crippen LogP contribution in [-0.4, -0.2) is 32.5 Å². The van der Waals surface area contributed by atoms with Crippen molar-refractivity contribution >= 4 is 11.6 Å². The second-order valence-electron chi connectivity index (χ2n) is 4.27. The third-order valence-electron chi connectivity index (χ3n) is 2.72. The lowest BCUT2D eigenvalue weighted by atomic mass is 10.2. The first-order valence-corrected chi connectivity index (χ1v) is 6.85. The largest absolute Gasteiger partial charge is 0.493 e. The van der Waals surface area contributed by atoms with Crippen LogP contribution in [0.3, 0.4) is 0 Å². The average molecular weight is 288 g/mol. The molecule has 0 saturated heterocycles. The lowest BCUT2D eigenvalue weighted by Gasteiger charge is -2.14. The molecule has 108 valence electrons. The van der Waals surface area contributed by atoms with Gasteiger partial charge in [-0.15, -0.1) is 0 Å². The van der Waals surface area contributed by atoms with Crippen LogP contribution < -0.4 is 14.8 Å². The summed E-state index contributed by atoms with van der Waals surface area (Å²) in [6, 6.07) is 3.80. The van der Waals surface area contributed by atoms with Crippen LogP contribution in [0.1, 0.15) is 24.8 Å². The van der Waals surface area contributed by atoms with Crippen molar-refractivity contribution in [2.75, 3.05) is 27.4 Å². The zero-order valence-corrected chi connectivity index (χ0v) is 12.3. The van der Waals surface area contributed by atoms with E-state index in [2.05, 4.69) is 5.32 Å². The number of ether oxygens (including phenoxy) is 2. The lowest BCUT2D eigenvalue weighted by molar-refractivity contribution is 0.260. The molecule has 0 bridgehead atoms. The highest BCUT2D eigenvalue weighted by atomic mass is 35.5. The summed E-state index contributed by atoms with van der Waals surface area (Å²) in [7, 11) is 3.49. The third kappa shape index (κ3) is 5.27. The predicted molar refractivity (Wildman–Crippen MR) is 77.2 cm³/mol. The fraction of sp³-hybridized carbons (Fsp3) is 0.571. The van der Waals surface area contributed by atoms with Gasteiger partial charge >= 0.3 is 0 Å². The first-order valence-electron chi connectivity index (χ1n) is 6.47. The summed E-state index contributed by atoms with van der Waals surface area (Å²) in [6.45, 7) is 1.52. The SMILES string of the molecule is CNCc1cc(Cl)c(OCCCCCO)c(OC)c1. The standard InChI is InChI=1S/C14H22ClNO3/c1-16-10-11-8-12(15)14(13(9-11)18-2)19-7-5-3-4-6-17/h8-9,16-17H,3-7,10H2,1-2H3. The molecule has 0 heterocycles. The van der Waals surface area contributed by atoms with E-state index in [9.17, 15) is 0 Å². The normalized spacial score (nSPS) is 10.5. The fourth-order valence-electron chi connectivity index (χ4n) is 1.78. The molecule has 0 fully saturated rings. The van der Waals surface area contributed by atoms with E-state index in [1.807, 2.05) is 19.2 Å². The first kappa shape index (κ1) is 16.1. The van der Waals surface area contributed by atoms with Crippen LogP contribution in [0.25, 0.3) is 0 Å². The van der Waals surface area contributed by atoms with Gasteiger partial charge in [0, 0.05) is 13.2 Å². The maximum atomic E-state index is 8.70. The number of aliphatic hydroxyl groups is 1. The Morgan fingerprint density at radius 2 is 2.05 bits per heavy atom. The van der Waals surface area contributed by atoms with Gasteiger partial charge in [-0.05, 0) is 44.0 Å². The molecule has 0 aliphatic rings. The van der Waals surface area contributed by atoms with Crippen molar-refractivity contribution in [1.29, 1.82) is 0 Å². The molecule has 0 aliphatic carbocycles. The number of hydrogen-bond acceptors (Lipinski definition) is 4. The van der Waals surface area contributed by atoms with Gasteiger partial charge in [-0.2, -0.15) is 0 Å². The number of rotatable bonds is 9. The summed E-state index contributed by atoms with van der Waals surface area (Å²) in [5.74, 6) is 1.24. The van der Waals surface area contributed by atoms with Gasteiger partial charge in [0.15, 0.2) is 11.5 Å². The Hall–Kier alpha value is -0.970. The van der Waals surface area contributed by atoms with Gasteiger partial charge in [0.05, 0.1) is 18.7 Å². The highest BCUT2D eigenvalue weighted by Gasteiger charge is 2.11. The maximum absolute atomic E-state index is 8.70. The summed E-state index contributed by atoms with van der Waals surface area (Å²) in [4.78, 5) is 0. The van der Waals surface area contributed by atoms with Crippen LogP contribution in [-0.2, 0) is 6.54 Å². The summed E-state index contributed by atoms with van der Waals surface area (Å²) in [5.41, 5.74) is 1.05. The maximum Gasteiger partial charge on any atom is 0.179 e. The second kappa shape index (κ2) is 9.02. The topological polar surface area (TPSA) is 50.7 Å². The summed E-state index contributed by atoms with van der Waals surface area (Å²) in [6.07, 6.45) is 2.63. The molecule has 1 aromatic carbocycles. The highest BCUT2D eigenvalue weighted by Crippen LogP contribution is 2.36. The molecule has 0 spiro atoms. The number of nitrogens with one attached hydrogen (secondary N) is 1. The van der Waals surface area contributed by atoms with Crippen LogP contribution in [0.5, 0.6) is 11.5 Å². The number of halogens is 1. The van der Waals surface area contributed by atoms with Crippen LogP contribution >= 0.6 is 11.6 Å². The van der Waals surface area contributed by atoms with Crippen molar-refractivity contribution in [3.8, 4) is 11.5 Å². The van der Waals surface area contributed by atoms with Gasteiger partial charge in [0.25, 0.3) is 0 Å². The Morgan fingerprint density at radius 1 is 1.26 bits per heavy atom. The molecule has 4 nitrogen and oxygen atoms in total. The molecular formula is C14H22ClNO3. The molecule has 0 radical (unpaired) electrons. The van der Waals surface area contributed by atoms with Crippen molar-refractivity contribution in [3.05, 3.63) is 22.7 Å². The minimum atomic E-state index is 0.225. The molecule has 0 saturated carbocycles. The number of unbranched alkanes of at least 4 members (excludes halogenated alkanes) is 2. The monoisotopic (exact) mass is 287 g/mol. The minimum absolute atomic E-state index is 0.225. The number of aliphatic hydroxyl groups excluding tert-OH is 1. The van der Waals surface area contributed by atoms with Crippen molar-refractivity contribution in [3.63, 3.8) is 0 Å². The molecule has 0 aliphatic heterocycles. The Kier molecular flexibility index (Phi) is 7.63. The van der Waals surface area contributed by atoms with Crippen LogP contribution in [0.15, 0.2) is 12.1 Å². The Morgan fingerprint density at radius 3 is 2.68 bits per heavy atom. The number of benzene rings is 1. The van der Waals surface area contributed by atoms with Gasteiger partial charge < -0.3 is 19.9 Å². The molecule has 0 aromatic heterocycles. The molecule has 19 heavy (non-hydrogen) atoms. The van der Waals surface area contributed by atoms with Crippen molar-refractivity contribution in [2.45, 2.75) is 25.8 Å². The lowest BCUT2D eigenvalue weighted by Crippen LogP contribution is -2.06. The molecule has 2 N–H and O–H groups in total. The average Bonchev–Trinajstić information content (AvgIpc) is 2.40. The number of methoxy groups -OCH3 is 1. The highest BCUT2D eigenvalue weighted by molar-refractivity contribution is 6.32. The fourth-order valence-corrected chi connectivity index (χ4v) is 2.07. The second-order valence-corrected chi connectivity index (χ2v) is 4.68. The quantitative estimate of drug-likeness (QED) is 0.686. The van der Waals surface area contributed by atoms with Gasteiger partial charge in [-0.3, -0.25) is 0 Å². The third-order valence-corrected chi connectivity index (χ3v) is 3.00. The van der Waals surface area contributed by atoms with E-state index in [4.69, 9.17) is 26.2 Å². The molecule has 5 heteroatoms. The number of hydrogen-bond donors (Lipinski definition) is 2. The molecule has 0 amide bonds. The van der Waals surface area contributed by atoms with E-state index >= 15 is 0 Å². The van der Waals surface area contributed by atoms with Crippen LogP contribution in [0.2, 0.25) is 5.02 Å². The molecule has 1 rings (SSSR count). The predicted octanol–water partition coefficient (Wildman–Crippen LogP) is 2.61. The van der Waals surface area contributed by atoms with E-state index in [0.717, 1.165) is 31.4 Å². The van der Waals surface area contributed by atoms with Crippen molar-refractivity contribution in [2.24, 2.45) is 0 Å². The molecule has 0 atom stereocenters. The van der Waals surface area contributed by atoms with Crippen molar-refractivity contribution in [1.82, 2.24) is 5.32 Å². The van der Waals surface area contributed by atoms with E-state index in [1.165, 1.54) is 0 Å². The van der Waals surface area contributed by atoms with Gasteiger partial charge in [-0.25, -0.2) is 0 Å². The van der Waals surface area contributed by atoms with Gasteiger partial charge in [0.2, 0.25) is 0 Å². The van der Waals surface area contributed by atoms with E-state index < -0.39 is 0 Å². The van der Waals surface area contributed by atoms with E-state index in [-0.39, 0.29) is 6.61 Å². The minimum Gasteiger partial charge on any atom is -0.493 e. The van der Waals surface area contributed by atoms with E-state index in [1.54, 1.807) is 7.11 Å². The summed E-state index contributed by atoms with van der Waals surface area (Å²) < 4.78 is 11.0. The Balaban J connectivity index is 2.65. The zero-order chi connectivity index (χ0) is 14.1. The molecular weight excluding hydrogens is 266 g/mol. The first-order chi connectivity index (χ1) is 9.22. The van der Waals surface area contributed by atoms with Crippen LogP contribution in [0.4, 0.5) is 0 Å². The summed E-state index contributed by atoms with van der Waals surface area (Å²) in [5, 5.41) is 12.3. The van der Waals surface area contributed by atoms with Gasteiger partial charge in [0.1, 0.15) is 0 Å². The Bertz CT molecular complexity index is 385. The van der Waals surface area contributed by atoms with E-state index in [0.29, 0.717) is 23.1 Å². The molecule has 1 aromatic rings.